The maximum atomic E-state index is 14.0. The summed E-state index contributed by atoms with van der Waals surface area (Å²) in [7, 11) is -2.36. The first-order chi connectivity index (χ1) is 28.4. The van der Waals surface area contributed by atoms with Crippen molar-refractivity contribution >= 4 is 48.5 Å². The van der Waals surface area contributed by atoms with Crippen LogP contribution in [0.15, 0.2) is 176 Å². The molecule has 0 bridgehead atoms. The van der Waals surface area contributed by atoms with E-state index in [0.29, 0.717) is 29.5 Å². The number of nitrogens with zero attached hydrogens (tertiary/aromatic N) is 1. The van der Waals surface area contributed by atoms with Gasteiger partial charge in [-0.05, 0) is 66.7 Å². The van der Waals surface area contributed by atoms with Crippen LogP contribution in [-0.4, -0.2) is 16.9 Å². The standard InChI is InChI=1S/2C19H14F2P.C9H7F3N3.Ir/c2*20-16-12-11-15(19(21)13-16)14-22(17-7-3-1-4-8-17)18-9-5-2-6-10-18;10-9(11,12)8(14)5-6(13)7-3-1-2-4-15-7;/h2*1-10,12-13H,14H2;1-5,13-14H;/q3*-1;+3/p+2/b;;6-5-,14-8?;. The fourth-order valence-electron chi connectivity index (χ4n) is 5.70. The van der Waals surface area contributed by atoms with Gasteiger partial charge in [0.2, 0.25) is 0 Å². The minimum atomic E-state index is -4.72. The molecule has 2 N–H and O–H groups in total. The third-order valence-electron chi connectivity index (χ3n) is 8.61. The van der Waals surface area contributed by atoms with Crippen molar-refractivity contribution in [2.45, 2.75) is 18.5 Å². The van der Waals surface area contributed by atoms with Crippen LogP contribution in [0.2, 0.25) is 0 Å². The Morgan fingerprint density at radius 3 is 1.23 bits per heavy atom. The second-order valence-corrected chi connectivity index (χ2v) is 17.7. The molecule has 3 nitrogen and oxygen atoms in total. The fourth-order valence-corrected chi connectivity index (χ4v) is 10.8. The monoisotopic (exact) mass is 1030 g/mol. The van der Waals surface area contributed by atoms with Crippen molar-refractivity contribution in [1.29, 1.82) is 5.41 Å². The number of rotatable bonds is 10. The van der Waals surface area contributed by atoms with Gasteiger partial charge < -0.3 is 5.73 Å². The van der Waals surface area contributed by atoms with E-state index in [9.17, 15) is 30.7 Å². The Hall–Kier alpha value is -5.30. The topological polar surface area (TPSA) is 60.5 Å². The first-order valence-electron chi connectivity index (χ1n) is 18.0. The number of pyridine rings is 1. The molecule has 0 saturated heterocycles. The molecular formula is C47H37F7IrN3P2+2. The van der Waals surface area contributed by atoms with Crippen LogP contribution in [-0.2, 0) is 32.4 Å². The van der Waals surface area contributed by atoms with E-state index < -0.39 is 56.7 Å². The molecular weight excluding hydrogens is 994 g/mol. The Kier molecular flexibility index (Phi) is 18.5. The van der Waals surface area contributed by atoms with Crippen LogP contribution in [0.5, 0.6) is 0 Å². The van der Waals surface area contributed by atoms with E-state index in [1.165, 1.54) is 45.6 Å². The van der Waals surface area contributed by atoms with Crippen molar-refractivity contribution in [2.75, 3.05) is 0 Å². The van der Waals surface area contributed by atoms with Crippen LogP contribution in [0.25, 0.3) is 11.4 Å². The largest absolute Gasteiger partial charge is 3.00 e. The van der Waals surface area contributed by atoms with E-state index >= 15 is 0 Å². The first kappa shape index (κ1) is 47.4. The zero-order valence-electron chi connectivity index (χ0n) is 31.6. The summed E-state index contributed by atoms with van der Waals surface area (Å²) >= 11 is 0. The van der Waals surface area contributed by atoms with Crippen LogP contribution in [0, 0.1) is 40.8 Å². The molecule has 0 aliphatic rings. The van der Waals surface area contributed by atoms with Gasteiger partial charge in [0, 0.05) is 35.2 Å². The summed E-state index contributed by atoms with van der Waals surface area (Å²) in [6, 6.07) is 54.7. The Balaban J connectivity index is 0.000000201. The zero-order chi connectivity index (χ0) is 42.2. The Bertz CT molecular complexity index is 2200. The van der Waals surface area contributed by atoms with Gasteiger partial charge in [-0.25, -0.2) is 0 Å². The number of benzene rings is 6. The molecule has 13 heteroatoms. The number of alkyl halides is 3. The molecule has 0 aliphatic heterocycles. The molecule has 6 aromatic carbocycles. The van der Waals surface area contributed by atoms with Crippen molar-refractivity contribution < 1.29 is 50.8 Å². The van der Waals surface area contributed by atoms with Gasteiger partial charge in [0.15, 0.2) is 0 Å². The molecule has 0 spiro atoms. The first-order valence-corrected chi connectivity index (χ1v) is 21.5. The summed E-state index contributed by atoms with van der Waals surface area (Å²) in [5, 5.41) is 11.5. The van der Waals surface area contributed by atoms with Gasteiger partial charge in [0.05, 0.1) is 49.4 Å². The molecule has 0 aliphatic carbocycles. The second kappa shape index (κ2) is 23.5. The zero-order valence-corrected chi connectivity index (χ0v) is 36.0. The molecule has 1 aromatic heterocycles. The van der Waals surface area contributed by atoms with Crippen molar-refractivity contribution in [2.24, 2.45) is 0 Å². The van der Waals surface area contributed by atoms with Crippen LogP contribution in [0.3, 0.4) is 0 Å². The van der Waals surface area contributed by atoms with E-state index in [0.717, 1.165) is 12.1 Å². The molecule has 0 atom stereocenters. The normalized spacial score (nSPS) is 11.1. The summed E-state index contributed by atoms with van der Waals surface area (Å²) in [4.78, 5) is 3.69. The molecule has 0 radical (unpaired) electrons. The van der Waals surface area contributed by atoms with Gasteiger partial charge in [-0.1, -0.05) is 90.0 Å². The average molecular weight is 1030 g/mol. The van der Waals surface area contributed by atoms with Crippen molar-refractivity contribution in [3.63, 3.8) is 0 Å². The minimum absolute atomic E-state index is 0. The number of aromatic nitrogens is 1. The van der Waals surface area contributed by atoms with Gasteiger partial charge in [0.25, 0.3) is 0 Å². The summed E-state index contributed by atoms with van der Waals surface area (Å²) in [6.07, 6.45) is -1.83. The SMILES string of the molecule is Fc1c[c-]c(C[PH+](c2ccccc2)c2ccccc2)c(F)c1.Fc1c[c-]c(C[PH+](c2ccccc2)c2ccccc2)c(F)c1.N=C(/C=C(\[NH-])c1ccccn1)C(F)(F)F.[Ir+3]. The van der Waals surface area contributed by atoms with Crippen LogP contribution in [0.1, 0.15) is 16.8 Å². The van der Waals surface area contributed by atoms with Gasteiger partial charge in [-0.2, -0.15) is 25.3 Å². The summed E-state index contributed by atoms with van der Waals surface area (Å²) in [5.74, 6) is -2.22. The van der Waals surface area contributed by atoms with Gasteiger partial charge >= 0.3 is 26.3 Å². The number of halogens is 7. The third-order valence-corrected chi connectivity index (χ3v) is 14.1. The Morgan fingerprint density at radius 2 is 0.933 bits per heavy atom. The van der Waals surface area contributed by atoms with E-state index in [4.69, 9.17) is 11.1 Å². The Labute approximate surface area is 360 Å². The molecule has 0 amide bonds. The van der Waals surface area contributed by atoms with Crippen molar-refractivity contribution in [1.82, 2.24) is 4.98 Å². The second-order valence-electron chi connectivity index (χ2n) is 12.7. The van der Waals surface area contributed by atoms with Crippen LogP contribution < -0.4 is 21.2 Å². The Morgan fingerprint density at radius 1 is 0.583 bits per heavy atom. The summed E-state index contributed by atoms with van der Waals surface area (Å²) in [6.45, 7) is 0. The van der Waals surface area contributed by atoms with E-state index in [-0.39, 0.29) is 25.8 Å². The quantitative estimate of drug-likeness (QED) is 0.0631. The van der Waals surface area contributed by atoms with E-state index in [2.05, 4.69) is 65.6 Å². The smallest absolute Gasteiger partial charge is 0.697 e. The van der Waals surface area contributed by atoms with E-state index in [1.54, 1.807) is 12.1 Å². The van der Waals surface area contributed by atoms with Gasteiger partial charge in [0.1, 0.15) is 5.71 Å². The maximum Gasteiger partial charge on any atom is 3.00 e. The molecule has 0 unspecified atom stereocenters. The number of nitrogens with one attached hydrogen (secondary N) is 2. The molecule has 60 heavy (non-hydrogen) atoms. The fraction of sp³-hybridized carbons (Fsp3) is 0.0638. The van der Waals surface area contributed by atoms with Crippen LogP contribution >= 0.6 is 15.8 Å². The van der Waals surface area contributed by atoms with Gasteiger partial charge in [-0.3, -0.25) is 28.0 Å². The number of allylic oxidation sites excluding steroid dienone is 1. The third kappa shape index (κ3) is 14.5. The van der Waals surface area contributed by atoms with Crippen molar-refractivity contribution in [3.05, 3.63) is 234 Å². The minimum Gasteiger partial charge on any atom is -0.697 e. The molecule has 7 aromatic rings. The molecule has 0 saturated carbocycles. The summed E-state index contributed by atoms with van der Waals surface area (Å²) in [5.41, 5.74) is 6.29. The summed E-state index contributed by atoms with van der Waals surface area (Å²) < 4.78 is 90.0. The van der Waals surface area contributed by atoms with Gasteiger partial charge in [-0.15, -0.1) is 30.0 Å². The predicted octanol–water partition coefficient (Wildman–Crippen LogP) is 11.3. The van der Waals surface area contributed by atoms with Crippen LogP contribution in [0.4, 0.5) is 30.7 Å². The maximum absolute atomic E-state index is 14.0. The predicted molar refractivity (Wildman–Crippen MR) is 229 cm³/mol. The number of hydrogen-bond acceptors (Lipinski definition) is 2. The van der Waals surface area contributed by atoms with Crippen molar-refractivity contribution in [3.8, 4) is 0 Å². The molecule has 0 fully saturated rings. The molecule has 306 valence electrons. The number of hydrogen-bond donors (Lipinski definition) is 1. The molecule has 7 rings (SSSR count). The van der Waals surface area contributed by atoms with E-state index in [1.807, 2.05) is 72.8 Å². The average Bonchev–Trinajstić information content (AvgIpc) is 3.25. The molecule has 1 heterocycles.